The predicted octanol–water partition coefficient (Wildman–Crippen LogP) is -1.41. The van der Waals surface area contributed by atoms with Crippen molar-refractivity contribution >= 4 is 28.3 Å². The van der Waals surface area contributed by atoms with Crippen molar-refractivity contribution in [1.82, 2.24) is 20.3 Å². The summed E-state index contributed by atoms with van der Waals surface area (Å²) in [6, 6.07) is 3.12. The lowest BCUT2D eigenvalue weighted by molar-refractivity contribution is -0.125. The molecule has 12 heteroatoms. The highest BCUT2D eigenvalue weighted by Crippen LogP contribution is 2.26. The first-order chi connectivity index (χ1) is 13.7. The van der Waals surface area contributed by atoms with Crippen LogP contribution in [0, 0.1) is 5.92 Å². The molecule has 0 aromatic carbocycles. The van der Waals surface area contributed by atoms with Crippen molar-refractivity contribution < 1.29 is 33.0 Å². The van der Waals surface area contributed by atoms with Gasteiger partial charge in [0.15, 0.2) is 0 Å². The van der Waals surface area contributed by atoms with E-state index in [1.807, 2.05) is 6.07 Å². The van der Waals surface area contributed by atoms with Crippen LogP contribution in [0.2, 0.25) is 0 Å². The van der Waals surface area contributed by atoms with Gasteiger partial charge in [-0.3, -0.25) is 19.4 Å². The molecule has 1 aromatic rings. The van der Waals surface area contributed by atoms with E-state index in [1.54, 1.807) is 18.5 Å². The van der Waals surface area contributed by atoms with E-state index in [0.717, 1.165) is 11.8 Å². The fraction of sp³-hybridized carbons (Fsp3) is 0.529. The Balaban J connectivity index is 0.00000132. The number of aliphatic hydroxyl groups excluding tert-OH is 1. The van der Waals surface area contributed by atoms with Crippen molar-refractivity contribution in [2.75, 3.05) is 12.8 Å². The first-order valence-corrected chi connectivity index (χ1v) is 10.7. The minimum Gasteiger partial charge on any atom is -0.483 e. The summed E-state index contributed by atoms with van der Waals surface area (Å²) in [6.45, 7) is 0.0932. The molecule has 29 heavy (non-hydrogen) atoms. The summed E-state index contributed by atoms with van der Waals surface area (Å²) in [5.41, 5.74) is 0.877. The average Bonchev–Trinajstić information content (AvgIpc) is 3.01. The van der Waals surface area contributed by atoms with E-state index in [0.29, 0.717) is 13.0 Å². The van der Waals surface area contributed by atoms with Crippen LogP contribution in [0.3, 0.4) is 0 Å². The van der Waals surface area contributed by atoms with Crippen molar-refractivity contribution in [3.63, 3.8) is 0 Å². The number of hydrogen-bond donors (Lipinski definition) is 5. The van der Waals surface area contributed by atoms with Crippen LogP contribution in [0.5, 0.6) is 0 Å². The molecule has 2 amide bonds. The third kappa shape index (κ3) is 9.96. The third-order valence-electron chi connectivity index (χ3n) is 4.15. The summed E-state index contributed by atoms with van der Waals surface area (Å²) < 4.78 is 24.1. The lowest BCUT2D eigenvalue weighted by atomic mass is 10.1. The van der Waals surface area contributed by atoms with Crippen LogP contribution in [0.25, 0.3) is 0 Å². The summed E-state index contributed by atoms with van der Waals surface area (Å²) in [4.78, 5) is 36.4. The molecule has 1 fully saturated rings. The summed E-state index contributed by atoms with van der Waals surface area (Å²) in [5, 5.41) is 22.4. The molecule has 1 saturated carbocycles. The number of sulfonamides is 1. The average molecular weight is 430 g/mol. The van der Waals surface area contributed by atoms with E-state index in [4.69, 9.17) is 9.90 Å². The molecule has 1 heterocycles. The van der Waals surface area contributed by atoms with Gasteiger partial charge in [0, 0.05) is 37.8 Å². The number of aliphatic hydroxyl groups is 1. The van der Waals surface area contributed by atoms with E-state index in [-0.39, 0.29) is 43.6 Å². The Morgan fingerprint density at radius 3 is 2.62 bits per heavy atom. The number of pyridine rings is 1. The standard InChI is InChI=1S/C16H24N4O5S.CH2O2/c1-26(24,25)19-6-4-15(22)20-13-7-12(8-14(13)21)16(23)18-10-11-3-2-5-17-9-11;2-1-3/h2-3,5,9,12-14,19,21H,4,6-8,10H2,1H3,(H,18,23)(H,20,22);1H,(H,2,3)/t12-,13-,14-;/m0./s1. The molecule has 0 radical (unpaired) electrons. The molecule has 0 spiro atoms. The Bertz CT molecular complexity index is 773. The van der Waals surface area contributed by atoms with E-state index in [1.165, 1.54) is 0 Å². The highest BCUT2D eigenvalue weighted by Gasteiger charge is 2.37. The van der Waals surface area contributed by atoms with Gasteiger partial charge in [0.05, 0.1) is 18.4 Å². The van der Waals surface area contributed by atoms with Crippen LogP contribution in [-0.2, 0) is 31.0 Å². The molecule has 1 aliphatic carbocycles. The number of aromatic nitrogens is 1. The van der Waals surface area contributed by atoms with Crippen LogP contribution in [0.15, 0.2) is 24.5 Å². The lowest BCUT2D eigenvalue weighted by Gasteiger charge is -2.16. The zero-order valence-corrected chi connectivity index (χ0v) is 16.8. The van der Waals surface area contributed by atoms with Crippen molar-refractivity contribution in [1.29, 1.82) is 0 Å². The van der Waals surface area contributed by atoms with Gasteiger partial charge in [-0.1, -0.05) is 6.07 Å². The highest BCUT2D eigenvalue weighted by atomic mass is 32.2. The van der Waals surface area contributed by atoms with Gasteiger partial charge in [0.25, 0.3) is 6.47 Å². The smallest absolute Gasteiger partial charge is 0.290 e. The molecule has 5 N–H and O–H groups in total. The van der Waals surface area contributed by atoms with Crippen LogP contribution in [0.1, 0.15) is 24.8 Å². The molecular weight excluding hydrogens is 404 g/mol. The largest absolute Gasteiger partial charge is 0.483 e. The maximum atomic E-state index is 12.2. The van der Waals surface area contributed by atoms with Crippen molar-refractivity contribution in [2.45, 2.75) is 38.0 Å². The first kappa shape index (κ1) is 24.5. The Kier molecular flexibility index (Phi) is 10.2. The van der Waals surface area contributed by atoms with Crippen LogP contribution >= 0.6 is 0 Å². The fourth-order valence-corrected chi connectivity index (χ4v) is 3.32. The maximum absolute atomic E-state index is 12.2. The van der Waals surface area contributed by atoms with Gasteiger partial charge in [0.2, 0.25) is 21.8 Å². The Hall–Kier alpha value is -2.57. The van der Waals surface area contributed by atoms with Crippen molar-refractivity contribution in [3.8, 4) is 0 Å². The predicted molar refractivity (Wildman–Crippen MR) is 103 cm³/mol. The van der Waals surface area contributed by atoms with E-state index in [2.05, 4.69) is 20.3 Å². The second-order valence-electron chi connectivity index (χ2n) is 6.51. The van der Waals surface area contributed by atoms with E-state index < -0.39 is 22.2 Å². The summed E-state index contributed by atoms with van der Waals surface area (Å²) in [6.07, 6.45) is 4.09. The van der Waals surface area contributed by atoms with Crippen LogP contribution < -0.4 is 15.4 Å². The number of hydrogen-bond acceptors (Lipinski definition) is 7. The van der Waals surface area contributed by atoms with Crippen molar-refractivity contribution in [2.24, 2.45) is 5.92 Å². The molecule has 2 rings (SSSR count). The number of nitrogens with zero attached hydrogens (tertiary/aromatic N) is 1. The molecule has 3 atom stereocenters. The number of amides is 2. The second-order valence-corrected chi connectivity index (χ2v) is 8.34. The highest BCUT2D eigenvalue weighted by molar-refractivity contribution is 7.88. The quantitative estimate of drug-likeness (QED) is 0.313. The van der Waals surface area contributed by atoms with Gasteiger partial charge in [-0.2, -0.15) is 0 Å². The molecule has 1 aromatic heterocycles. The minimum atomic E-state index is -3.34. The normalized spacial score (nSPS) is 20.8. The maximum Gasteiger partial charge on any atom is 0.290 e. The molecule has 0 bridgehead atoms. The third-order valence-corrected chi connectivity index (χ3v) is 4.88. The van der Waals surface area contributed by atoms with Gasteiger partial charge >= 0.3 is 0 Å². The van der Waals surface area contributed by atoms with E-state index in [9.17, 15) is 23.1 Å². The van der Waals surface area contributed by atoms with Gasteiger partial charge in [-0.25, -0.2) is 13.1 Å². The monoisotopic (exact) mass is 430 g/mol. The van der Waals surface area contributed by atoms with Gasteiger partial charge in [-0.15, -0.1) is 0 Å². The molecule has 0 aliphatic heterocycles. The Morgan fingerprint density at radius 1 is 1.34 bits per heavy atom. The summed E-state index contributed by atoms with van der Waals surface area (Å²) >= 11 is 0. The number of carboxylic acid groups (broad SMARTS) is 1. The SMILES string of the molecule is CS(=O)(=O)NCCC(=O)N[C@H]1C[C@H](C(=O)NCc2cccnc2)C[C@@H]1O.O=CO. The molecular formula is C17H26N4O7S. The first-order valence-electron chi connectivity index (χ1n) is 8.82. The topological polar surface area (TPSA) is 175 Å². The minimum absolute atomic E-state index is 0.0114. The Labute approximate surface area is 169 Å². The number of carbonyl (C=O) groups excluding carboxylic acids is 2. The Morgan fingerprint density at radius 2 is 2.03 bits per heavy atom. The molecule has 11 nitrogen and oxygen atoms in total. The summed E-state index contributed by atoms with van der Waals surface area (Å²) in [7, 11) is -3.34. The number of carbonyl (C=O) groups is 3. The zero-order chi connectivity index (χ0) is 21.9. The number of rotatable bonds is 8. The zero-order valence-electron chi connectivity index (χ0n) is 15.9. The number of nitrogens with one attached hydrogen (secondary N) is 3. The molecule has 0 unspecified atom stereocenters. The van der Waals surface area contributed by atoms with E-state index >= 15 is 0 Å². The summed E-state index contributed by atoms with van der Waals surface area (Å²) in [5.74, 6) is -0.939. The van der Waals surface area contributed by atoms with Crippen LogP contribution in [0.4, 0.5) is 0 Å². The molecule has 0 saturated heterocycles. The fourth-order valence-electron chi connectivity index (χ4n) is 2.85. The van der Waals surface area contributed by atoms with Gasteiger partial charge in [-0.05, 0) is 24.5 Å². The van der Waals surface area contributed by atoms with Gasteiger partial charge < -0.3 is 20.8 Å². The second kappa shape index (κ2) is 12.1. The molecule has 1 aliphatic rings. The molecule has 162 valence electrons. The lowest BCUT2D eigenvalue weighted by Crippen LogP contribution is -2.41. The van der Waals surface area contributed by atoms with Crippen LogP contribution in [-0.4, -0.2) is 66.8 Å². The van der Waals surface area contributed by atoms with Crippen molar-refractivity contribution in [3.05, 3.63) is 30.1 Å². The van der Waals surface area contributed by atoms with Gasteiger partial charge in [0.1, 0.15) is 0 Å².